The highest BCUT2D eigenvalue weighted by atomic mass is 16.6. The average molecular weight is 482 g/mol. The summed E-state index contributed by atoms with van der Waals surface area (Å²) in [5.41, 5.74) is 4.61. The van der Waals surface area contributed by atoms with Crippen LogP contribution < -0.4 is 15.4 Å². The van der Waals surface area contributed by atoms with E-state index in [0.29, 0.717) is 36.8 Å². The predicted molar refractivity (Wildman–Crippen MR) is 139 cm³/mol. The quantitative estimate of drug-likeness (QED) is 0.293. The number of rotatable bonds is 4. The van der Waals surface area contributed by atoms with Gasteiger partial charge in [0.25, 0.3) is 5.56 Å². The van der Waals surface area contributed by atoms with Gasteiger partial charge < -0.3 is 19.8 Å². The molecule has 0 unspecified atom stereocenters. The minimum absolute atomic E-state index is 0.0278. The zero-order valence-electron chi connectivity index (χ0n) is 19.3. The van der Waals surface area contributed by atoms with Crippen LogP contribution in [-0.4, -0.2) is 51.0 Å². The number of pyridine rings is 1. The first kappa shape index (κ1) is 21.8. The molecule has 2 aliphatic heterocycles. The summed E-state index contributed by atoms with van der Waals surface area (Å²) in [4.78, 5) is 43.3. The monoisotopic (exact) mass is 481 g/mol. The van der Waals surface area contributed by atoms with Crippen LogP contribution in [0.3, 0.4) is 0 Å². The van der Waals surface area contributed by atoms with Gasteiger partial charge in [0, 0.05) is 55.4 Å². The average Bonchev–Trinajstić information content (AvgIpc) is 3.20. The number of hydrogen-bond donors (Lipinski definition) is 2. The van der Waals surface area contributed by atoms with E-state index in [-0.39, 0.29) is 16.2 Å². The number of hydrogen-bond acceptors (Lipinski definition) is 7. The third-order valence-corrected chi connectivity index (χ3v) is 6.61. The maximum absolute atomic E-state index is 12.7. The van der Waals surface area contributed by atoms with Crippen molar-refractivity contribution in [3.05, 3.63) is 87.3 Å². The van der Waals surface area contributed by atoms with Crippen LogP contribution in [0.4, 0.5) is 17.2 Å². The van der Waals surface area contributed by atoms with Gasteiger partial charge in [0.05, 0.1) is 21.5 Å². The van der Waals surface area contributed by atoms with Crippen molar-refractivity contribution in [3.63, 3.8) is 0 Å². The Kier molecular flexibility index (Phi) is 5.33. The molecule has 1 saturated heterocycles. The summed E-state index contributed by atoms with van der Waals surface area (Å²) in [6, 6.07) is 18.6. The summed E-state index contributed by atoms with van der Waals surface area (Å²) < 4.78 is 0. The number of imidazole rings is 1. The Balaban J connectivity index is 1.28. The smallest absolute Gasteiger partial charge is 0.311 e. The molecule has 4 heterocycles. The van der Waals surface area contributed by atoms with Gasteiger partial charge in [-0.2, -0.15) is 0 Å². The summed E-state index contributed by atoms with van der Waals surface area (Å²) in [7, 11) is 0. The first-order chi connectivity index (χ1) is 17.6. The van der Waals surface area contributed by atoms with Crippen molar-refractivity contribution in [2.24, 2.45) is 0 Å². The van der Waals surface area contributed by atoms with E-state index in [4.69, 9.17) is 4.98 Å². The Labute approximate surface area is 205 Å². The number of aromatic nitrogens is 4. The van der Waals surface area contributed by atoms with Crippen LogP contribution in [0.2, 0.25) is 0 Å². The van der Waals surface area contributed by atoms with Gasteiger partial charge in [0.1, 0.15) is 5.82 Å². The molecule has 0 radical (unpaired) electrons. The summed E-state index contributed by atoms with van der Waals surface area (Å²) in [6.45, 7) is 2.81. The molecule has 0 spiro atoms. The van der Waals surface area contributed by atoms with Crippen LogP contribution >= 0.6 is 0 Å². The number of H-pyrrole nitrogens is 2. The normalized spacial score (nSPS) is 14.3. The molecule has 1 aliphatic carbocycles. The highest BCUT2D eigenvalue weighted by molar-refractivity contribution is 5.87. The maximum Gasteiger partial charge on any atom is 0.311 e. The van der Waals surface area contributed by atoms with Crippen molar-refractivity contribution >= 4 is 28.2 Å². The number of anilines is 2. The molecule has 0 saturated carbocycles. The zero-order valence-corrected chi connectivity index (χ0v) is 19.3. The summed E-state index contributed by atoms with van der Waals surface area (Å²) >= 11 is 0. The molecular weight excluding hydrogens is 458 g/mol. The number of nitro groups is 1. The van der Waals surface area contributed by atoms with Gasteiger partial charge in [-0.05, 0) is 36.8 Å². The van der Waals surface area contributed by atoms with Crippen LogP contribution in [0, 0.1) is 10.1 Å². The summed E-state index contributed by atoms with van der Waals surface area (Å²) in [5.74, 6) is 0.950. The van der Waals surface area contributed by atoms with Gasteiger partial charge in [0.15, 0.2) is 0 Å². The van der Waals surface area contributed by atoms with Crippen LogP contribution in [0.15, 0.2) is 71.7 Å². The molecule has 3 aromatic rings. The van der Waals surface area contributed by atoms with Crippen LogP contribution in [0.5, 0.6) is 0 Å². The fourth-order valence-electron chi connectivity index (χ4n) is 4.89. The lowest BCUT2D eigenvalue weighted by Gasteiger charge is -2.24. The third-order valence-electron chi connectivity index (χ3n) is 6.61. The Bertz CT molecular complexity index is 1610. The van der Waals surface area contributed by atoms with Gasteiger partial charge in [0.2, 0.25) is 5.82 Å². The molecule has 0 atom stereocenters. The Morgan fingerprint density at radius 1 is 0.917 bits per heavy atom. The molecule has 2 N–H and O–H groups in total. The lowest BCUT2D eigenvalue weighted by atomic mass is 10.1. The molecular formula is C26H23N7O3. The number of fused-ring (bicyclic) bond motifs is 2. The van der Waals surface area contributed by atoms with Gasteiger partial charge in [-0.25, -0.2) is 9.97 Å². The van der Waals surface area contributed by atoms with Crippen molar-refractivity contribution in [2.75, 3.05) is 36.0 Å². The minimum Gasteiger partial charge on any atom is -0.370 e. The van der Waals surface area contributed by atoms with E-state index in [1.54, 1.807) is 12.3 Å². The van der Waals surface area contributed by atoms with E-state index in [0.717, 1.165) is 40.9 Å². The topological polar surface area (TPSA) is 124 Å². The van der Waals surface area contributed by atoms with Crippen LogP contribution in [0.1, 0.15) is 6.42 Å². The molecule has 0 bridgehead atoms. The van der Waals surface area contributed by atoms with E-state index in [1.807, 2.05) is 53.4 Å². The first-order valence-corrected chi connectivity index (χ1v) is 11.8. The summed E-state index contributed by atoms with van der Waals surface area (Å²) in [6.07, 6.45) is 2.43. The van der Waals surface area contributed by atoms with E-state index in [1.165, 1.54) is 6.07 Å². The number of aromatic amines is 2. The van der Waals surface area contributed by atoms with Crippen LogP contribution in [-0.2, 0) is 0 Å². The highest BCUT2D eigenvalue weighted by Crippen LogP contribution is 2.31. The van der Waals surface area contributed by atoms with Gasteiger partial charge >= 0.3 is 5.69 Å². The first-order valence-electron chi connectivity index (χ1n) is 11.8. The third kappa shape index (κ3) is 3.82. The van der Waals surface area contributed by atoms with E-state index >= 15 is 0 Å². The Hall–Kier alpha value is -4.73. The molecule has 180 valence electrons. The van der Waals surface area contributed by atoms with E-state index in [2.05, 4.69) is 19.9 Å². The van der Waals surface area contributed by atoms with E-state index in [9.17, 15) is 14.9 Å². The zero-order chi connectivity index (χ0) is 24.6. The van der Waals surface area contributed by atoms with Crippen molar-refractivity contribution in [1.82, 2.24) is 19.9 Å². The van der Waals surface area contributed by atoms with Crippen molar-refractivity contribution in [2.45, 2.75) is 6.42 Å². The van der Waals surface area contributed by atoms with Gasteiger partial charge in [-0.15, -0.1) is 0 Å². The lowest BCUT2D eigenvalue weighted by Crippen LogP contribution is -2.31. The van der Waals surface area contributed by atoms with Gasteiger partial charge in [-0.3, -0.25) is 14.9 Å². The second-order valence-electron chi connectivity index (χ2n) is 8.78. The SMILES string of the molecule is O=c1[nH]c2cccccc-2c1-c1nc2cc(N3CCCN(c4ncccc4[N+](=O)[O-])CC3)ccc2[nH]1. The predicted octanol–water partition coefficient (Wildman–Crippen LogP) is 4.04. The fraction of sp³-hybridized carbons (Fsp3) is 0.192. The highest BCUT2D eigenvalue weighted by Gasteiger charge is 2.24. The molecule has 1 fully saturated rings. The molecule has 10 heteroatoms. The van der Waals surface area contributed by atoms with Crippen LogP contribution in [0.25, 0.3) is 33.7 Å². The number of nitrogens with one attached hydrogen (secondary N) is 2. The minimum atomic E-state index is -0.380. The van der Waals surface area contributed by atoms with Crippen molar-refractivity contribution in [1.29, 1.82) is 0 Å². The molecule has 36 heavy (non-hydrogen) atoms. The second-order valence-corrected chi connectivity index (χ2v) is 8.78. The molecule has 2 aromatic heterocycles. The molecule has 1 aromatic carbocycles. The van der Waals surface area contributed by atoms with Crippen molar-refractivity contribution < 1.29 is 4.92 Å². The lowest BCUT2D eigenvalue weighted by molar-refractivity contribution is -0.384. The Morgan fingerprint density at radius 3 is 2.64 bits per heavy atom. The second kappa shape index (κ2) is 8.81. The molecule has 6 rings (SSSR count). The summed E-state index contributed by atoms with van der Waals surface area (Å²) in [5, 5.41) is 11.5. The Morgan fingerprint density at radius 2 is 1.75 bits per heavy atom. The number of nitrogens with zero attached hydrogens (tertiary/aromatic N) is 5. The van der Waals surface area contributed by atoms with Gasteiger partial charge in [-0.1, -0.05) is 24.3 Å². The molecule has 10 nitrogen and oxygen atoms in total. The largest absolute Gasteiger partial charge is 0.370 e. The molecule has 3 aliphatic rings. The standard InChI is InChI=1S/C26H23N7O3/c34-26-23(18-6-2-1-3-7-19(18)30-26)24-28-20-10-9-17(16-21(20)29-24)31-12-5-13-32(15-14-31)25-22(33(35)36)8-4-11-27-25/h1-4,6-11,16H,5,12-15H2,(H,28,29)(H,30,34). The number of benzene rings is 1. The van der Waals surface area contributed by atoms with Crippen molar-refractivity contribution in [3.8, 4) is 22.6 Å². The molecule has 0 amide bonds. The maximum atomic E-state index is 12.7. The van der Waals surface area contributed by atoms with E-state index < -0.39 is 0 Å². The fourth-order valence-corrected chi connectivity index (χ4v) is 4.89.